The van der Waals surface area contributed by atoms with Gasteiger partial charge in [0.2, 0.25) is 0 Å². The Morgan fingerprint density at radius 3 is 2.40 bits per heavy atom. The number of hydrogen-bond acceptors (Lipinski definition) is 4. The largest absolute Gasteiger partial charge is 0.492 e. The molecule has 1 amide bonds. The van der Waals surface area contributed by atoms with E-state index in [-0.39, 0.29) is 11.9 Å². The van der Waals surface area contributed by atoms with Crippen LogP contribution in [0.25, 0.3) is 0 Å². The number of hydrogen-bond donors (Lipinski definition) is 1. The fourth-order valence-corrected chi connectivity index (χ4v) is 3.24. The molecule has 0 saturated heterocycles. The van der Waals surface area contributed by atoms with Crippen molar-refractivity contribution in [2.45, 2.75) is 12.5 Å². The van der Waals surface area contributed by atoms with Crippen LogP contribution in [0.5, 0.6) is 5.75 Å². The monoisotopic (exact) mass is 337 g/mol. The molecule has 3 heterocycles. The highest BCUT2D eigenvalue weighted by Gasteiger charge is 2.26. The Morgan fingerprint density at radius 2 is 1.80 bits per heavy atom. The van der Waals surface area contributed by atoms with E-state index in [1.165, 1.54) is 0 Å². The van der Waals surface area contributed by atoms with Gasteiger partial charge in [0.25, 0.3) is 5.91 Å². The molecule has 128 valence electrons. The van der Waals surface area contributed by atoms with E-state index in [2.05, 4.69) is 15.5 Å². The van der Waals surface area contributed by atoms with Gasteiger partial charge in [-0.3, -0.25) is 14.2 Å². The summed E-state index contributed by atoms with van der Waals surface area (Å²) in [5.41, 5.74) is 3.39. The lowest BCUT2D eigenvalue weighted by molar-refractivity contribution is 0.0937. The Balaban J connectivity index is 1.70. The fourth-order valence-electron chi connectivity index (χ4n) is 3.24. The van der Waals surface area contributed by atoms with Crippen molar-refractivity contribution in [1.82, 2.24) is 24.9 Å². The third-order valence-electron chi connectivity index (χ3n) is 4.54. The number of nitrogens with one attached hydrogen (secondary N) is 1. The average Bonchev–Trinajstić information content (AvgIpc) is 3.33. The molecule has 2 aromatic heterocycles. The summed E-state index contributed by atoms with van der Waals surface area (Å²) in [6.07, 6.45) is 4.27. The highest BCUT2D eigenvalue weighted by Crippen LogP contribution is 2.30. The number of rotatable bonds is 4. The van der Waals surface area contributed by atoms with Gasteiger partial charge in [-0.25, -0.2) is 0 Å². The third kappa shape index (κ3) is 2.67. The number of benzene rings is 1. The van der Waals surface area contributed by atoms with E-state index in [0.717, 1.165) is 23.4 Å². The van der Waals surface area contributed by atoms with Crippen LogP contribution in [-0.4, -0.2) is 32.1 Å². The standard InChI is InChI=1S/C18H19N5O2/c1-22-14(6-9-19-22)16(15-7-10-20-23(15)2)21-18(24)13-5-3-4-12-8-11-25-17(12)13/h3-7,9-10,16H,8,11H2,1-2H3,(H,21,24). The molecule has 3 aromatic rings. The Hall–Kier alpha value is -3.09. The summed E-state index contributed by atoms with van der Waals surface area (Å²) >= 11 is 0. The summed E-state index contributed by atoms with van der Waals surface area (Å²) in [4.78, 5) is 13.0. The van der Waals surface area contributed by atoms with Crippen molar-refractivity contribution in [2.75, 3.05) is 6.61 Å². The van der Waals surface area contributed by atoms with Gasteiger partial charge >= 0.3 is 0 Å². The average molecular weight is 337 g/mol. The second-order valence-electron chi connectivity index (χ2n) is 6.06. The van der Waals surface area contributed by atoms with E-state index in [4.69, 9.17) is 4.74 Å². The number of amides is 1. The van der Waals surface area contributed by atoms with E-state index in [1.54, 1.807) is 27.8 Å². The molecule has 0 radical (unpaired) electrons. The summed E-state index contributed by atoms with van der Waals surface area (Å²) in [7, 11) is 3.71. The number of nitrogens with zero attached hydrogens (tertiary/aromatic N) is 4. The lowest BCUT2D eigenvalue weighted by Gasteiger charge is -2.20. The predicted octanol–water partition coefficient (Wildman–Crippen LogP) is 1.61. The summed E-state index contributed by atoms with van der Waals surface area (Å²) in [6, 6.07) is 9.12. The van der Waals surface area contributed by atoms with Crippen molar-refractivity contribution in [1.29, 1.82) is 0 Å². The SMILES string of the molecule is Cn1nccc1C(NC(=O)c1cccc2c1OCC2)c1ccnn1C. The number of aromatic nitrogens is 4. The maximum absolute atomic E-state index is 13.0. The van der Waals surface area contributed by atoms with Gasteiger partial charge in [-0.2, -0.15) is 10.2 Å². The van der Waals surface area contributed by atoms with Crippen LogP contribution in [0.2, 0.25) is 0 Å². The zero-order chi connectivity index (χ0) is 17.4. The molecule has 1 aliphatic heterocycles. The molecule has 0 bridgehead atoms. The van der Waals surface area contributed by atoms with Crippen molar-refractivity contribution < 1.29 is 9.53 Å². The van der Waals surface area contributed by atoms with Crippen LogP contribution in [0.15, 0.2) is 42.7 Å². The van der Waals surface area contributed by atoms with Crippen LogP contribution in [-0.2, 0) is 20.5 Å². The van der Waals surface area contributed by atoms with Crippen molar-refractivity contribution in [3.8, 4) is 5.75 Å². The van der Waals surface area contributed by atoms with Gasteiger partial charge in [0.05, 0.1) is 23.6 Å². The van der Waals surface area contributed by atoms with Crippen molar-refractivity contribution >= 4 is 5.91 Å². The van der Waals surface area contributed by atoms with Crippen LogP contribution in [0.3, 0.4) is 0 Å². The van der Waals surface area contributed by atoms with Gasteiger partial charge < -0.3 is 10.1 Å². The molecule has 7 nitrogen and oxygen atoms in total. The van der Waals surface area contributed by atoms with Gasteiger partial charge in [0.1, 0.15) is 11.8 Å². The molecule has 1 N–H and O–H groups in total. The molecular formula is C18H19N5O2. The van der Waals surface area contributed by atoms with Crippen molar-refractivity contribution in [3.63, 3.8) is 0 Å². The molecule has 1 aliphatic rings. The minimum Gasteiger partial charge on any atom is -0.492 e. The molecule has 0 aliphatic carbocycles. The summed E-state index contributed by atoms with van der Waals surface area (Å²) in [5.74, 6) is 0.514. The molecule has 0 saturated carbocycles. The van der Waals surface area contributed by atoms with E-state index in [0.29, 0.717) is 17.9 Å². The minimum atomic E-state index is -0.357. The second-order valence-corrected chi connectivity index (χ2v) is 6.06. The molecule has 1 aromatic carbocycles. The maximum atomic E-state index is 13.0. The zero-order valence-corrected chi connectivity index (χ0v) is 14.1. The van der Waals surface area contributed by atoms with Gasteiger partial charge in [-0.1, -0.05) is 12.1 Å². The van der Waals surface area contributed by atoms with E-state index >= 15 is 0 Å². The third-order valence-corrected chi connectivity index (χ3v) is 4.54. The summed E-state index contributed by atoms with van der Waals surface area (Å²) < 4.78 is 9.17. The van der Waals surface area contributed by atoms with E-state index < -0.39 is 0 Å². The van der Waals surface area contributed by atoms with Crippen molar-refractivity contribution in [2.24, 2.45) is 14.1 Å². The normalized spacial score (nSPS) is 12.9. The Labute approximate surface area is 145 Å². The highest BCUT2D eigenvalue weighted by atomic mass is 16.5. The van der Waals surface area contributed by atoms with Crippen LogP contribution >= 0.6 is 0 Å². The quantitative estimate of drug-likeness (QED) is 0.785. The van der Waals surface area contributed by atoms with Crippen LogP contribution in [0, 0.1) is 0 Å². The van der Waals surface area contributed by atoms with Gasteiger partial charge in [-0.15, -0.1) is 0 Å². The lowest BCUT2D eigenvalue weighted by Crippen LogP contribution is -2.32. The number of ether oxygens (including phenoxy) is 1. The predicted molar refractivity (Wildman–Crippen MR) is 91.4 cm³/mol. The Bertz CT molecular complexity index is 887. The highest BCUT2D eigenvalue weighted by molar-refractivity contribution is 5.98. The van der Waals surface area contributed by atoms with Crippen LogP contribution in [0.4, 0.5) is 0 Å². The molecule has 0 fully saturated rings. The van der Waals surface area contributed by atoms with Gasteiger partial charge in [-0.05, 0) is 23.8 Å². The number of aryl methyl sites for hydroxylation is 2. The minimum absolute atomic E-state index is 0.175. The van der Waals surface area contributed by atoms with Gasteiger partial charge in [0.15, 0.2) is 0 Å². The number of carbonyl (C=O) groups excluding carboxylic acids is 1. The number of carbonyl (C=O) groups is 1. The number of fused-ring (bicyclic) bond motifs is 1. The Kier molecular flexibility index (Phi) is 3.76. The smallest absolute Gasteiger partial charge is 0.255 e. The first kappa shape index (κ1) is 15.4. The van der Waals surface area contributed by atoms with Crippen LogP contribution in [0.1, 0.15) is 33.4 Å². The molecule has 0 atom stereocenters. The first-order valence-corrected chi connectivity index (χ1v) is 8.16. The molecule has 0 unspecified atom stereocenters. The first-order valence-electron chi connectivity index (χ1n) is 8.16. The summed E-state index contributed by atoms with van der Waals surface area (Å²) in [6.45, 7) is 0.618. The van der Waals surface area contributed by atoms with Crippen LogP contribution < -0.4 is 10.1 Å². The molecule has 4 rings (SSSR count). The number of para-hydroxylation sites is 1. The molecular weight excluding hydrogens is 318 g/mol. The van der Waals surface area contributed by atoms with Gasteiger partial charge in [0, 0.05) is 32.9 Å². The molecule has 25 heavy (non-hydrogen) atoms. The fraction of sp³-hybridized carbons (Fsp3) is 0.278. The van der Waals surface area contributed by atoms with Crippen molar-refractivity contribution in [3.05, 3.63) is 65.2 Å². The zero-order valence-electron chi connectivity index (χ0n) is 14.1. The summed E-state index contributed by atoms with van der Waals surface area (Å²) in [5, 5.41) is 11.6. The Morgan fingerprint density at radius 1 is 1.12 bits per heavy atom. The second kappa shape index (κ2) is 6.08. The maximum Gasteiger partial charge on any atom is 0.255 e. The van der Waals surface area contributed by atoms with E-state index in [1.807, 2.05) is 38.4 Å². The van der Waals surface area contributed by atoms with E-state index in [9.17, 15) is 4.79 Å². The first-order chi connectivity index (χ1) is 12.1. The molecule has 7 heteroatoms. The topological polar surface area (TPSA) is 74.0 Å². The molecule has 0 spiro atoms. The lowest BCUT2D eigenvalue weighted by atomic mass is 10.1.